The van der Waals surface area contributed by atoms with Gasteiger partial charge in [-0.25, -0.2) is 13.8 Å². The Hall–Kier alpha value is -3.84. The van der Waals surface area contributed by atoms with Crippen LogP contribution >= 0.6 is 11.3 Å². The molecule has 0 radical (unpaired) electrons. The zero-order chi connectivity index (χ0) is 28.6. The summed E-state index contributed by atoms with van der Waals surface area (Å²) in [5, 5.41) is 12.1. The van der Waals surface area contributed by atoms with Crippen molar-refractivity contribution in [2.75, 3.05) is 20.3 Å². The van der Waals surface area contributed by atoms with Gasteiger partial charge in [0.1, 0.15) is 33.0 Å². The molecule has 212 valence electrons. The van der Waals surface area contributed by atoms with Crippen molar-refractivity contribution in [3.8, 4) is 10.8 Å². The van der Waals surface area contributed by atoms with Crippen LogP contribution in [0.5, 0.6) is 5.75 Å². The van der Waals surface area contributed by atoms with Gasteiger partial charge in [-0.15, -0.1) is 4.80 Å². The average Bonchev–Trinajstić information content (AvgIpc) is 3.58. The number of piperidine rings is 1. The lowest BCUT2D eigenvalue weighted by atomic mass is 9.91. The molecule has 1 saturated heterocycles. The maximum atomic E-state index is 14.4. The molecular weight excluding hydrogens is 539 g/mol. The number of fused-ring (bicyclic) bond motifs is 1. The van der Waals surface area contributed by atoms with Gasteiger partial charge in [0.05, 0.1) is 31.4 Å². The smallest absolute Gasteiger partial charge is 0.333 e. The molecule has 11 nitrogen and oxygen atoms in total. The zero-order valence-electron chi connectivity index (χ0n) is 22.8. The lowest BCUT2D eigenvalue weighted by Gasteiger charge is -2.34. The van der Waals surface area contributed by atoms with Crippen molar-refractivity contribution < 1.29 is 18.7 Å². The number of hydrogen-bond donors (Lipinski definition) is 1. The van der Waals surface area contributed by atoms with E-state index < -0.39 is 34.6 Å². The van der Waals surface area contributed by atoms with E-state index in [4.69, 9.17) is 9.47 Å². The maximum Gasteiger partial charge on any atom is 0.333 e. The number of rotatable bonds is 9. The summed E-state index contributed by atoms with van der Waals surface area (Å²) in [6, 6.07) is 4.13. The molecule has 0 aliphatic carbocycles. The van der Waals surface area contributed by atoms with E-state index in [1.165, 1.54) is 58.4 Å². The number of benzene rings is 1. The van der Waals surface area contributed by atoms with E-state index in [-0.39, 0.29) is 11.9 Å². The largest absolute Gasteiger partial charge is 0.496 e. The number of methoxy groups -OCH3 is 1. The summed E-state index contributed by atoms with van der Waals surface area (Å²) >= 11 is 1.19. The fraction of sp³-hybridized carbons (Fsp3) is 0.444. The van der Waals surface area contributed by atoms with Crippen molar-refractivity contribution in [2.45, 2.75) is 58.2 Å². The second-order valence-corrected chi connectivity index (χ2v) is 10.9. The molecule has 0 bridgehead atoms. The van der Waals surface area contributed by atoms with Crippen LogP contribution in [-0.4, -0.2) is 50.3 Å². The SMILES string of the molecule is CCCO[C@@H](Cn1c(=O)n([C@]2(C)CCCNC2=O)c(=O)c2c(C)c(-n3nccn3)sc21)c1cc(F)ccc1OC. The number of carbonyl (C=O) groups excluding carboxylic acids is 1. The number of aromatic nitrogens is 5. The summed E-state index contributed by atoms with van der Waals surface area (Å²) in [4.78, 5) is 43.2. The van der Waals surface area contributed by atoms with E-state index >= 15 is 0 Å². The highest BCUT2D eigenvalue weighted by molar-refractivity contribution is 7.21. The van der Waals surface area contributed by atoms with Crippen molar-refractivity contribution >= 4 is 27.5 Å². The Balaban J connectivity index is 1.80. The van der Waals surface area contributed by atoms with Crippen LogP contribution in [0.1, 0.15) is 50.3 Å². The number of halogens is 1. The van der Waals surface area contributed by atoms with Crippen LogP contribution in [0, 0.1) is 12.7 Å². The Morgan fingerprint density at radius 2 is 1.98 bits per heavy atom. The van der Waals surface area contributed by atoms with E-state index in [0.717, 1.165) is 4.57 Å². The maximum absolute atomic E-state index is 14.4. The van der Waals surface area contributed by atoms with Gasteiger partial charge < -0.3 is 14.8 Å². The van der Waals surface area contributed by atoms with Crippen LogP contribution in [0.3, 0.4) is 0 Å². The zero-order valence-corrected chi connectivity index (χ0v) is 23.6. The Bertz CT molecular complexity index is 1680. The predicted octanol–water partition coefficient (Wildman–Crippen LogP) is 3.05. The first-order valence-electron chi connectivity index (χ1n) is 13.1. The quantitative estimate of drug-likeness (QED) is 0.328. The molecular formula is C27H31FN6O5S. The van der Waals surface area contributed by atoms with E-state index in [0.29, 0.717) is 59.1 Å². The molecule has 0 saturated carbocycles. The van der Waals surface area contributed by atoms with Crippen LogP contribution in [0.15, 0.2) is 40.2 Å². The molecule has 1 aliphatic heterocycles. The van der Waals surface area contributed by atoms with Crippen molar-refractivity contribution in [2.24, 2.45) is 0 Å². The summed E-state index contributed by atoms with van der Waals surface area (Å²) < 4.78 is 28.6. The highest BCUT2D eigenvalue weighted by Crippen LogP contribution is 2.35. The minimum Gasteiger partial charge on any atom is -0.496 e. The summed E-state index contributed by atoms with van der Waals surface area (Å²) in [6.07, 6.45) is 3.87. The monoisotopic (exact) mass is 570 g/mol. The van der Waals surface area contributed by atoms with Gasteiger partial charge in [-0.3, -0.25) is 14.2 Å². The number of amides is 1. The van der Waals surface area contributed by atoms with Gasteiger partial charge in [0.2, 0.25) is 5.91 Å². The fourth-order valence-corrected chi connectivity index (χ4v) is 6.44. The van der Waals surface area contributed by atoms with Crippen LogP contribution in [0.25, 0.3) is 15.2 Å². The van der Waals surface area contributed by atoms with Gasteiger partial charge in [0.25, 0.3) is 5.56 Å². The van der Waals surface area contributed by atoms with Crippen molar-refractivity contribution in [1.29, 1.82) is 0 Å². The Morgan fingerprint density at radius 3 is 2.65 bits per heavy atom. The fourth-order valence-electron chi connectivity index (χ4n) is 5.22. The number of aryl methyl sites for hydroxylation is 1. The van der Waals surface area contributed by atoms with Gasteiger partial charge in [-0.2, -0.15) is 10.2 Å². The van der Waals surface area contributed by atoms with Gasteiger partial charge in [0.15, 0.2) is 0 Å². The first-order chi connectivity index (χ1) is 19.2. The third kappa shape index (κ3) is 4.62. The Morgan fingerprint density at radius 1 is 1.23 bits per heavy atom. The van der Waals surface area contributed by atoms with Crippen molar-refractivity contribution in [3.63, 3.8) is 0 Å². The molecule has 3 aromatic heterocycles. The number of thiophene rings is 1. The standard InChI is InChI=1S/C27H31FN6O5S/c1-5-13-39-20(18-14-17(28)7-8-19(18)38-4)15-32-24-21(16(2)23(40-24)34-30-11-12-31-34)22(35)33(26(32)37)27(3)9-6-10-29-25(27)36/h7-8,11-12,14,20H,5-6,9-10,13,15H2,1-4H3,(H,29,36)/t20-,27+/m0/s1. The summed E-state index contributed by atoms with van der Waals surface area (Å²) in [5.41, 5.74) is -1.59. The second-order valence-electron chi connectivity index (χ2n) is 9.94. The first kappa shape index (κ1) is 27.7. The second kappa shape index (κ2) is 11.0. The third-order valence-electron chi connectivity index (χ3n) is 7.31. The van der Waals surface area contributed by atoms with E-state index in [2.05, 4.69) is 15.5 Å². The van der Waals surface area contributed by atoms with Crippen LogP contribution < -0.4 is 21.3 Å². The molecule has 1 N–H and O–H groups in total. The highest BCUT2D eigenvalue weighted by atomic mass is 32.1. The molecule has 4 heterocycles. The normalized spacial score (nSPS) is 18.2. The molecule has 1 aliphatic rings. The van der Waals surface area contributed by atoms with Gasteiger partial charge in [-0.1, -0.05) is 18.3 Å². The van der Waals surface area contributed by atoms with E-state index in [1.807, 2.05) is 6.92 Å². The molecule has 13 heteroatoms. The molecule has 40 heavy (non-hydrogen) atoms. The third-order valence-corrected chi connectivity index (χ3v) is 8.59. The lowest BCUT2D eigenvalue weighted by Crippen LogP contribution is -2.59. The van der Waals surface area contributed by atoms with Crippen LogP contribution in [0.2, 0.25) is 0 Å². The van der Waals surface area contributed by atoms with Crippen LogP contribution in [-0.2, 0) is 21.6 Å². The number of ether oxygens (including phenoxy) is 2. The Labute approximate surface area is 233 Å². The topological polar surface area (TPSA) is 122 Å². The van der Waals surface area contributed by atoms with E-state index in [9.17, 15) is 18.8 Å². The first-order valence-corrected chi connectivity index (χ1v) is 13.9. The van der Waals surface area contributed by atoms with E-state index in [1.54, 1.807) is 13.8 Å². The highest BCUT2D eigenvalue weighted by Gasteiger charge is 2.41. The van der Waals surface area contributed by atoms with Gasteiger partial charge in [-0.05, 0) is 51.3 Å². The lowest BCUT2D eigenvalue weighted by molar-refractivity contribution is -0.131. The molecule has 0 spiro atoms. The number of nitrogens with zero attached hydrogens (tertiary/aromatic N) is 5. The van der Waals surface area contributed by atoms with Crippen molar-refractivity contribution in [3.05, 3.63) is 68.4 Å². The average molecular weight is 571 g/mol. The molecule has 0 unspecified atom stereocenters. The molecule has 2 atom stereocenters. The van der Waals surface area contributed by atoms with Crippen molar-refractivity contribution in [1.82, 2.24) is 29.4 Å². The molecule has 1 aromatic carbocycles. The summed E-state index contributed by atoms with van der Waals surface area (Å²) in [6.45, 7) is 6.07. The van der Waals surface area contributed by atoms with Crippen LogP contribution in [0.4, 0.5) is 4.39 Å². The number of hydrogen-bond acceptors (Lipinski definition) is 8. The minimum absolute atomic E-state index is 0.0565. The van der Waals surface area contributed by atoms with Gasteiger partial charge in [0, 0.05) is 24.3 Å². The molecule has 5 rings (SSSR count). The molecule has 1 fully saturated rings. The summed E-state index contributed by atoms with van der Waals surface area (Å²) in [7, 11) is 1.48. The predicted molar refractivity (Wildman–Crippen MR) is 148 cm³/mol. The Kier molecular flexibility index (Phi) is 7.60. The molecule has 1 amide bonds. The van der Waals surface area contributed by atoms with Gasteiger partial charge >= 0.3 is 5.69 Å². The molecule has 4 aromatic rings. The summed E-state index contributed by atoms with van der Waals surface area (Å²) in [5.74, 6) is -0.465. The number of carbonyl (C=O) groups is 1. The number of nitrogens with one attached hydrogen (secondary N) is 1. The minimum atomic E-state index is -1.39.